The molecule has 1 aromatic heterocycles. The summed E-state index contributed by atoms with van der Waals surface area (Å²) in [5, 5.41) is 6.28. The number of ether oxygens (including phenoxy) is 2. The molecule has 3 aromatic rings. The van der Waals surface area contributed by atoms with E-state index in [2.05, 4.69) is 20.8 Å². The quantitative estimate of drug-likeness (QED) is 0.347. The number of carbonyl (C=O) groups excluding carboxylic acids is 2. The fourth-order valence-electron chi connectivity index (χ4n) is 2.84. The normalized spacial score (nSPS) is 11.2. The third-order valence-electron chi connectivity index (χ3n) is 4.42. The van der Waals surface area contributed by atoms with E-state index in [4.69, 9.17) is 9.47 Å². The lowest BCUT2D eigenvalue weighted by Crippen LogP contribution is -2.20. The van der Waals surface area contributed by atoms with Crippen molar-refractivity contribution >= 4 is 23.7 Å². The maximum atomic E-state index is 12.8. The fraction of sp³-hybridized carbons (Fsp3) is 0.167. The van der Waals surface area contributed by atoms with E-state index < -0.39 is 30.2 Å². The number of nitrogens with one attached hydrogen (secondary N) is 2. The molecule has 2 amide bonds. The standard InChI is InChI=1S/C24H21F3N4O4/c1-2-34-21-12-16(14-29-31-23(33)17-8-10-28-11-9-17)6-7-20(21)35-15-22(32)30-19-5-3-4-18(13-19)24(25,26)27/h3-14H,2,15H2,1H3,(H,30,32)(H,31,33)/b29-14+. The van der Waals surface area contributed by atoms with Crippen molar-refractivity contribution < 1.29 is 32.2 Å². The SMILES string of the molecule is CCOc1cc(/C=N/NC(=O)c2ccncc2)ccc1OCC(=O)Nc1cccc(C(F)(F)F)c1. The van der Waals surface area contributed by atoms with Crippen LogP contribution in [-0.4, -0.2) is 36.2 Å². The van der Waals surface area contributed by atoms with E-state index in [-0.39, 0.29) is 11.4 Å². The van der Waals surface area contributed by atoms with Gasteiger partial charge < -0.3 is 14.8 Å². The molecule has 182 valence electrons. The summed E-state index contributed by atoms with van der Waals surface area (Å²) in [7, 11) is 0. The number of amides is 2. The average molecular weight is 486 g/mol. The van der Waals surface area contributed by atoms with E-state index in [0.29, 0.717) is 23.5 Å². The maximum absolute atomic E-state index is 12.8. The molecular weight excluding hydrogens is 465 g/mol. The van der Waals surface area contributed by atoms with Crippen LogP contribution in [-0.2, 0) is 11.0 Å². The highest BCUT2D eigenvalue weighted by atomic mass is 19.4. The molecule has 0 radical (unpaired) electrons. The van der Waals surface area contributed by atoms with Gasteiger partial charge in [0.15, 0.2) is 18.1 Å². The molecule has 2 aromatic carbocycles. The van der Waals surface area contributed by atoms with Crippen LogP contribution >= 0.6 is 0 Å². The monoisotopic (exact) mass is 486 g/mol. The number of nitrogens with zero attached hydrogens (tertiary/aromatic N) is 2. The van der Waals surface area contributed by atoms with E-state index in [1.165, 1.54) is 30.7 Å². The second kappa shape index (κ2) is 11.6. The summed E-state index contributed by atoms with van der Waals surface area (Å²) in [5.74, 6) is -0.468. The number of carbonyl (C=O) groups is 2. The molecular formula is C24H21F3N4O4. The summed E-state index contributed by atoms with van der Waals surface area (Å²) < 4.78 is 49.5. The van der Waals surface area contributed by atoms with E-state index in [1.807, 2.05) is 0 Å². The first kappa shape index (κ1) is 25.2. The van der Waals surface area contributed by atoms with E-state index in [1.54, 1.807) is 37.3 Å². The summed E-state index contributed by atoms with van der Waals surface area (Å²) >= 11 is 0. The minimum atomic E-state index is -4.52. The van der Waals surface area contributed by atoms with Gasteiger partial charge in [-0.05, 0) is 61.0 Å². The Kier molecular flexibility index (Phi) is 8.38. The smallest absolute Gasteiger partial charge is 0.416 e. The van der Waals surface area contributed by atoms with E-state index >= 15 is 0 Å². The number of alkyl halides is 3. The van der Waals surface area contributed by atoms with Crippen molar-refractivity contribution in [3.8, 4) is 11.5 Å². The molecule has 2 N–H and O–H groups in total. The Hall–Kier alpha value is -4.41. The zero-order valence-corrected chi connectivity index (χ0v) is 18.5. The first-order valence-electron chi connectivity index (χ1n) is 10.4. The van der Waals surface area contributed by atoms with Gasteiger partial charge in [-0.2, -0.15) is 18.3 Å². The summed E-state index contributed by atoms with van der Waals surface area (Å²) in [6.07, 6.45) is -0.126. The van der Waals surface area contributed by atoms with Gasteiger partial charge in [-0.15, -0.1) is 0 Å². The molecule has 0 fully saturated rings. The molecule has 3 rings (SSSR count). The molecule has 0 atom stereocenters. The van der Waals surface area contributed by atoms with Crippen molar-refractivity contribution in [2.75, 3.05) is 18.5 Å². The number of anilines is 1. The van der Waals surface area contributed by atoms with Crippen LogP contribution in [0.4, 0.5) is 18.9 Å². The predicted molar refractivity (Wildman–Crippen MR) is 122 cm³/mol. The molecule has 35 heavy (non-hydrogen) atoms. The zero-order valence-electron chi connectivity index (χ0n) is 18.5. The lowest BCUT2D eigenvalue weighted by atomic mass is 10.2. The number of benzene rings is 2. The van der Waals surface area contributed by atoms with Crippen molar-refractivity contribution in [3.05, 3.63) is 83.7 Å². The molecule has 0 aliphatic carbocycles. The number of pyridine rings is 1. The van der Waals surface area contributed by atoms with E-state index in [0.717, 1.165) is 12.1 Å². The van der Waals surface area contributed by atoms with Crippen LogP contribution < -0.4 is 20.2 Å². The third kappa shape index (κ3) is 7.56. The van der Waals surface area contributed by atoms with Gasteiger partial charge in [0.2, 0.25) is 0 Å². The highest BCUT2D eigenvalue weighted by Gasteiger charge is 2.30. The zero-order chi connectivity index (χ0) is 25.3. The first-order valence-corrected chi connectivity index (χ1v) is 10.4. The molecule has 0 spiro atoms. The Morgan fingerprint density at radius 1 is 1.03 bits per heavy atom. The Morgan fingerprint density at radius 2 is 1.80 bits per heavy atom. The number of hydrogen-bond acceptors (Lipinski definition) is 6. The Bertz CT molecular complexity index is 1200. The summed E-state index contributed by atoms with van der Waals surface area (Å²) in [5.41, 5.74) is 2.51. The highest BCUT2D eigenvalue weighted by Crippen LogP contribution is 2.31. The second-order valence-electron chi connectivity index (χ2n) is 6.99. The Labute approximate surface area is 198 Å². The van der Waals surface area contributed by atoms with Gasteiger partial charge in [-0.1, -0.05) is 6.07 Å². The number of aromatic nitrogens is 1. The maximum Gasteiger partial charge on any atom is 0.416 e. The summed E-state index contributed by atoms with van der Waals surface area (Å²) in [4.78, 5) is 28.0. The van der Waals surface area contributed by atoms with Crippen LogP contribution in [0.1, 0.15) is 28.4 Å². The first-order chi connectivity index (χ1) is 16.8. The van der Waals surface area contributed by atoms with Crippen molar-refractivity contribution in [1.29, 1.82) is 0 Å². The molecule has 0 saturated carbocycles. The number of halogens is 3. The lowest BCUT2D eigenvalue weighted by molar-refractivity contribution is -0.137. The van der Waals surface area contributed by atoms with Crippen molar-refractivity contribution in [2.24, 2.45) is 5.10 Å². The van der Waals surface area contributed by atoms with Crippen LogP contribution in [0.2, 0.25) is 0 Å². The van der Waals surface area contributed by atoms with Gasteiger partial charge in [0.05, 0.1) is 18.4 Å². The average Bonchev–Trinajstić information content (AvgIpc) is 2.84. The van der Waals surface area contributed by atoms with Gasteiger partial charge >= 0.3 is 6.18 Å². The molecule has 8 nitrogen and oxygen atoms in total. The third-order valence-corrected chi connectivity index (χ3v) is 4.42. The predicted octanol–water partition coefficient (Wildman–Crippen LogP) is 4.28. The largest absolute Gasteiger partial charge is 0.490 e. The van der Waals surface area contributed by atoms with Gasteiger partial charge in [-0.25, -0.2) is 5.43 Å². The van der Waals surface area contributed by atoms with Gasteiger partial charge in [0, 0.05) is 23.6 Å². The summed E-state index contributed by atoms with van der Waals surface area (Å²) in [6.45, 7) is 1.62. The van der Waals surface area contributed by atoms with Crippen LogP contribution in [0.25, 0.3) is 0 Å². The Balaban J connectivity index is 1.60. The number of hydrazone groups is 1. The van der Waals surface area contributed by atoms with Gasteiger partial charge in [0.25, 0.3) is 11.8 Å². The minimum absolute atomic E-state index is 0.00108. The van der Waals surface area contributed by atoms with Crippen LogP contribution in [0.3, 0.4) is 0 Å². The minimum Gasteiger partial charge on any atom is -0.490 e. The van der Waals surface area contributed by atoms with Gasteiger partial charge in [-0.3, -0.25) is 14.6 Å². The topological polar surface area (TPSA) is 102 Å². The second-order valence-corrected chi connectivity index (χ2v) is 6.99. The van der Waals surface area contributed by atoms with Gasteiger partial charge in [0.1, 0.15) is 0 Å². The van der Waals surface area contributed by atoms with E-state index in [9.17, 15) is 22.8 Å². The molecule has 0 aliphatic rings. The lowest BCUT2D eigenvalue weighted by Gasteiger charge is -2.13. The number of rotatable bonds is 9. The van der Waals surface area contributed by atoms with Crippen LogP contribution in [0.5, 0.6) is 11.5 Å². The molecule has 0 saturated heterocycles. The molecule has 0 bridgehead atoms. The van der Waals surface area contributed by atoms with Crippen LogP contribution in [0, 0.1) is 0 Å². The highest BCUT2D eigenvalue weighted by molar-refractivity contribution is 5.94. The Morgan fingerprint density at radius 3 is 2.51 bits per heavy atom. The fourth-order valence-corrected chi connectivity index (χ4v) is 2.84. The molecule has 1 heterocycles. The molecule has 11 heteroatoms. The van der Waals surface area contributed by atoms with Crippen molar-refractivity contribution in [3.63, 3.8) is 0 Å². The van der Waals surface area contributed by atoms with Crippen LogP contribution in [0.15, 0.2) is 72.1 Å². The molecule has 0 aliphatic heterocycles. The molecule has 0 unspecified atom stereocenters. The van der Waals surface area contributed by atoms with Crippen molar-refractivity contribution in [1.82, 2.24) is 10.4 Å². The number of hydrogen-bond donors (Lipinski definition) is 2. The van der Waals surface area contributed by atoms with Crippen molar-refractivity contribution in [2.45, 2.75) is 13.1 Å². The summed E-state index contributed by atoms with van der Waals surface area (Å²) in [6, 6.07) is 12.2.